The van der Waals surface area contributed by atoms with E-state index in [-0.39, 0.29) is 30.1 Å². The van der Waals surface area contributed by atoms with Gasteiger partial charge >= 0.3 is 0 Å². The molecule has 2 saturated heterocycles. The van der Waals surface area contributed by atoms with Gasteiger partial charge < -0.3 is 15.0 Å². The molecule has 7 nitrogen and oxygen atoms in total. The maximum Gasteiger partial charge on any atom is 0.194 e. The molecule has 1 unspecified atom stereocenters. The van der Waals surface area contributed by atoms with Gasteiger partial charge in [-0.1, -0.05) is 30.7 Å². The fourth-order valence-electron chi connectivity index (χ4n) is 4.37. The standard InChI is InChI=1S/C24H36N6O.HI/c1-3-25-24(30-13-14-31-23(19-30)22-16-27-28(2)18-22)26-15-20-7-9-21(10-8-20)17-29-11-5-4-6-12-29;/h7-10,16,18,23H,3-6,11-15,17,19H2,1-2H3,(H,25,26);1H. The second-order valence-corrected chi connectivity index (χ2v) is 8.58. The van der Waals surface area contributed by atoms with Crippen LogP contribution in [0.3, 0.4) is 0 Å². The van der Waals surface area contributed by atoms with E-state index in [0.29, 0.717) is 13.2 Å². The molecule has 1 aromatic carbocycles. The molecular formula is C24H37IN6O. The number of ether oxygens (including phenoxy) is 1. The van der Waals surface area contributed by atoms with E-state index < -0.39 is 0 Å². The molecule has 2 aromatic rings. The Kier molecular flexibility index (Phi) is 9.80. The van der Waals surface area contributed by atoms with Crippen LogP contribution in [0.1, 0.15) is 49.0 Å². The molecule has 8 heteroatoms. The number of halogens is 1. The van der Waals surface area contributed by atoms with Crippen molar-refractivity contribution in [3.05, 3.63) is 53.3 Å². The van der Waals surface area contributed by atoms with Gasteiger partial charge in [-0.15, -0.1) is 24.0 Å². The first-order valence-corrected chi connectivity index (χ1v) is 11.6. The van der Waals surface area contributed by atoms with E-state index in [4.69, 9.17) is 9.73 Å². The summed E-state index contributed by atoms with van der Waals surface area (Å²) in [5.74, 6) is 0.956. The van der Waals surface area contributed by atoms with Crippen molar-refractivity contribution in [1.82, 2.24) is 24.9 Å². The van der Waals surface area contributed by atoms with Gasteiger partial charge in [0.1, 0.15) is 6.10 Å². The fraction of sp³-hybridized carbons (Fsp3) is 0.583. The summed E-state index contributed by atoms with van der Waals surface area (Å²) in [6.45, 7) is 9.50. The molecule has 0 amide bonds. The molecule has 0 bridgehead atoms. The number of aryl methyl sites for hydroxylation is 1. The van der Waals surface area contributed by atoms with Gasteiger partial charge in [0, 0.05) is 38.4 Å². The number of guanidine groups is 1. The minimum Gasteiger partial charge on any atom is -0.370 e. The molecule has 32 heavy (non-hydrogen) atoms. The van der Waals surface area contributed by atoms with Crippen LogP contribution < -0.4 is 5.32 Å². The van der Waals surface area contributed by atoms with Crippen molar-refractivity contribution in [2.45, 2.75) is 45.4 Å². The molecule has 1 atom stereocenters. The van der Waals surface area contributed by atoms with Gasteiger partial charge in [0.15, 0.2) is 5.96 Å². The monoisotopic (exact) mass is 552 g/mol. The third-order valence-corrected chi connectivity index (χ3v) is 6.09. The van der Waals surface area contributed by atoms with Crippen LogP contribution in [0.4, 0.5) is 0 Å². The van der Waals surface area contributed by atoms with Gasteiger partial charge in [-0.05, 0) is 44.0 Å². The maximum atomic E-state index is 5.99. The van der Waals surface area contributed by atoms with Gasteiger partial charge in [0.05, 0.1) is 25.9 Å². The highest BCUT2D eigenvalue weighted by molar-refractivity contribution is 14.0. The van der Waals surface area contributed by atoms with E-state index in [1.807, 2.05) is 24.1 Å². The number of rotatable bonds is 6. The van der Waals surface area contributed by atoms with Gasteiger partial charge in [0.25, 0.3) is 0 Å². The molecule has 1 aromatic heterocycles. The Morgan fingerprint density at radius 2 is 1.88 bits per heavy atom. The third kappa shape index (κ3) is 6.92. The first-order chi connectivity index (χ1) is 15.2. The number of nitrogens with zero attached hydrogens (tertiary/aromatic N) is 5. The van der Waals surface area contributed by atoms with Crippen LogP contribution in [0.5, 0.6) is 0 Å². The molecule has 0 radical (unpaired) electrons. The Morgan fingerprint density at radius 1 is 1.12 bits per heavy atom. The lowest BCUT2D eigenvalue weighted by atomic mass is 10.1. The zero-order valence-electron chi connectivity index (χ0n) is 19.4. The zero-order chi connectivity index (χ0) is 21.5. The number of hydrogen-bond donors (Lipinski definition) is 1. The van der Waals surface area contributed by atoms with E-state index in [1.54, 1.807) is 0 Å². The quantitative estimate of drug-likeness (QED) is 0.338. The highest BCUT2D eigenvalue weighted by atomic mass is 127. The fourth-order valence-corrected chi connectivity index (χ4v) is 4.37. The summed E-state index contributed by atoms with van der Waals surface area (Å²) < 4.78 is 7.82. The number of nitrogens with one attached hydrogen (secondary N) is 1. The first-order valence-electron chi connectivity index (χ1n) is 11.6. The summed E-state index contributed by atoms with van der Waals surface area (Å²) in [7, 11) is 1.94. The van der Waals surface area contributed by atoms with E-state index >= 15 is 0 Å². The van der Waals surface area contributed by atoms with Crippen LogP contribution in [0.25, 0.3) is 0 Å². The van der Waals surface area contributed by atoms with Crippen LogP contribution in [0.15, 0.2) is 41.7 Å². The maximum absolute atomic E-state index is 5.99. The lowest BCUT2D eigenvalue weighted by molar-refractivity contribution is -0.00805. The second kappa shape index (κ2) is 12.6. The topological polar surface area (TPSA) is 57.9 Å². The summed E-state index contributed by atoms with van der Waals surface area (Å²) >= 11 is 0. The molecule has 4 rings (SSSR count). The Hall–Kier alpha value is -1.65. The average molecular weight is 553 g/mol. The molecule has 3 heterocycles. The largest absolute Gasteiger partial charge is 0.370 e. The molecule has 2 aliphatic rings. The highest BCUT2D eigenvalue weighted by Gasteiger charge is 2.25. The van der Waals surface area contributed by atoms with Gasteiger partial charge in [-0.2, -0.15) is 5.10 Å². The molecule has 1 N–H and O–H groups in total. The Labute approximate surface area is 209 Å². The minimum atomic E-state index is 0. The summed E-state index contributed by atoms with van der Waals surface area (Å²) in [5, 5.41) is 7.75. The summed E-state index contributed by atoms with van der Waals surface area (Å²) in [6, 6.07) is 8.98. The lowest BCUT2D eigenvalue weighted by Gasteiger charge is -2.34. The van der Waals surface area contributed by atoms with Gasteiger partial charge in [0.2, 0.25) is 0 Å². The summed E-state index contributed by atoms with van der Waals surface area (Å²) in [4.78, 5) is 9.80. The van der Waals surface area contributed by atoms with Crippen molar-refractivity contribution in [2.75, 3.05) is 39.3 Å². The molecule has 2 aliphatic heterocycles. The number of aliphatic imine (C=N–C) groups is 1. The molecular weight excluding hydrogens is 515 g/mol. The summed E-state index contributed by atoms with van der Waals surface area (Å²) in [6.07, 6.45) is 8.01. The molecule has 176 valence electrons. The molecule has 0 aliphatic carbocycles. The van der Waals surface area contributed by atoms with Crippen LogP contribution in [-0.4, -0.2) is 64.9 Å². The van der Waals surface area contributed by atoms with Crippen molar-refractivity contribution >= 4 is 29.9 Å². The molecule has 2 fully saturated rings. The number of morpholine rings is 1. The van der Waals surface area contributed by atoms with E-state index in [2.05, 4.69) is 51.4 Å². The number of piperidine rings is 1. The average Bonchev–Trinajstić information content (AvgIpc) is 3.25. The van der Waals surface area contributed by atoms with E-state index in [0.717, 1.165) is 37.7 Å². The predicted octanol–water partition coefficient (Wildman–Crippen LogP) is 3.56. The second-order valence-electron chi connectivity index (χ2n) is 8.58. The first kappa shape index (κ1) is 25.0. The number of benzene rings is 1. The number of aromatic nitrogens is 2. The Morgan fingerprint density at radius 3 is 2.56 bits per heavy atom. The van der Waals surface area contributed by atoms with Crippen LogP contribution in [-0.2, 0) is 24.9 Å². The van der Waals surface area contributed by atoms with Crippen molar-refractivity contribution in [3.63, 3.8) is 0 Å². The highest BCUT2D eigenvalue weighted by Crippen LogP contribution is 2.22. The van der Waals surface area contributed by atoms with Crippen LogP contribution >= 0.6 is 24.0 Å². The van der Waals surface area contributed by atoms with Crippen molar-refractivity contribution in [3.8, 4) is 0 Å². The molecule has 0 saturated carbocycles. The minimum absolute atomic E-state index is 0. The number of hydrogen-bond acceptors (Lipinski definition) is 4. The van der Waals surface area contributed by atoms with Gasteiger partial charge in [-0.3, -0.25) is 9.58 Å². The number of likely N-dealkylation sites (tertiary alicyclic amines) is 1. The van der Waals surface area contributed by atoms with Crippen molar-refractivity contribution in [2.24, 2.45) is 12.0 Å². The van der Waals surface area contributed by atoms with E-state index in [9.17, 15) is 0 Å². The Balaban J connectivity index is 0.00000289. The van der Waals surface area contributed by atoms with E-state index in [1.165, 1.54) is 43.5 Å². The predicted molar refractivity (Wildman–Crippen MR) is 139 cm³/mol. The lowest BCUT2D eigenvalue weighted by Crippen LogP contribution is -2.48. The van der Waals surface area contributed by atoms with Crippen LogP contribution in [0, 0.1) is 0 Å². The third-order valence-electron chi connectivity index (χ3n) is 6.09. The van der Waals surface area contributed by atoms with Gasteiger partial charge in [-0.25, -0.2) is 4.99 Å². The van der Waals surface area contributed by atoms with Crippen LogP contribution in [0.2, 0.25) is 0 Å². The normalized spacial score (nSPS) is 20.1. The molecule has 0 spiro atoms. The summed E-state index contributed by atoms with van der Waals surface area (Å²) in [5.41, 5.74) is 3.76. The van der Waals surface area contributed by atoms with Crippen molar-refractivity contribution in [1.29, 1.82) is 0 Å². The smallest absolute Gasteiger partial charge is 0.194 e. The SMILES string of the molecule is CCNC(=NCc1ccc(CN2CCCCC2)cc1)N1CCOC(c2cnn(C)c2)C1.I. The Bertz CT molecular complexity index is 846. The van der Waals surface area contributed by atoms with Crippen molar-refractivity contribution < 1.29 is 4.74 Å². The zero-order valence-corrected chi connectivity index (χ0v) is 21.7.